The van der Waals surface area contributed by atoms with Gasteiger partial charge in [0.05, 0.1) is 23.1 Å². The van der Waals surface area contributed by atoms with Gasteiger partial charge in [-0.3, -0.25) is 4.79 Å². The van der Waals surface area contributed by atoms with E-state index >= 15 is 0 Å². The van der Waals surface area contributed by atoms with Crippen molar-refractivity contribution < 1.29 is 13.8 Å². The van der Waals surface area contributed by atoms with Crippen LogP contribution in [0.3, 0.4) is 0 Å². The first-order valence-electron chi connectivity index (χ1n) is 12.1. The van der Waals surface area contributed by atoms with E-state index in [0.717, 1.165) is 45.5 Å². The summed E-state index contributed by atoms with van der Waals surface area (Å²) in [6.45, 7) is 3.17. The molecule has 1 aliphatic carbocycles. The third-order valence-corrected chi connectivity index (χ3v) is 9.22. The summed E-state index contributed by atoms with van der Waals surface area (Å²) in [5.74, 6) is 0.950. The van der Waals surface area contributed by atoms with Crippen molar-refractivity contribution in [1.82, 2.24) is 14.9 Å². The van der Waals surface area contributed by atoms with Gasteiger partial charge in [-0.25, -0.2) is 9.37 Å². The second-order valence-corrected chi connectivity index (χ2v) is 13.6. The number of carbonyl (C=O) groups excluding carboxylic acids is 1. The van der Waals surface area contributed by atoms with E-state index in [1.54, 1.807) is 19.4 Å². The number of rotatable bonds is 3. The van der Waals surface area contributed by atoms with Crippen molar-refractivity contribution in [3.8, 4) is 11.1 Å². The monoisotopic (exact) mass is 485 g/mol. The minimum Gasteiger partial charge on any atom is -0.342 e. The Hall–Kier alpha value is -3.24. The number of fused-ring (bicyclic) bond motifs is 9. The normalized spacial score (nSPS) is 20.9. The van der Waals surface area contributed by atoms with Crippen molar-refractivity contribution in [2.45, 2.75) is 37.3 Å². The number of imidazole rings is 1. The fourth-order valence-electron chi connectivity index (χ4n) is 5.93. The second kappa shape index (κ2) is 7.14. The van der Waals surface area contributed by atoms with Gasteiger partial charge in [0.25, 0.3) is 5.91 Å². The zero-order valence-electron chi connectivity index (χ0n) is 19.6. The average molecular weight is 485 g/mol. The predicted octanol–water partition coefficient (Wildman–Crippen LogP) is 5.75. The zero-order valence-corrected chi connectivity index (χ0v) is 20.5. The van der Waals surface area contributed by atoms with Gasteiger partial charge in [0.15, 0.2) is 0 Å². The Morgan fingerprint density at radius 3 is 2.57 bits per heavy atom. The van der Waals surface area contributed by atoms with Crippen LogP contribution in [0.5, 0.6) is 0 Å². The number of hydrogen-bond acceptors (Lipinski definition) is 3. The van der Waals surface area contributed by atoms with Crippen molar-refractivity contribution in [3.63, 3.8) is 0 Å². The van der Waals surface area contributed by atoms with Gasteiger partial charge in [-0.2, -0.15) is 0 Å². The Morgan fingerprint density at radius 1 is 1.06 bits per heavy atom. The van der Waals surface area contributed by atoms with E-state index in [0.29, 0.717) is 5.92 Å². The smallest absolute Gasteiger partial charge is 0.252 e. The Bertz CT molecular complexity index is 1610. The molecule has 1 fully saturated rings. The van der Waals surface area contributed by atoms with Gasteiger partial charge in [0.1, 0.15) is 18.8 Å². The average Bonchev–Trinajstić information content (AvgIpc) is 3.54. The molecular weight excluding hydrogens is 460 g/mol. The highest BCUT2D eigenvalue weighted by Crippen LogP contribution is 2.50. The lowest BCUT2D eigenvalue weighted by atomic mass is 9.91. The summed E-state index contributed by atoms with van der Waals surface area (Å²) in [6.07, 6.45) is 3.12. The van der Waals surface area contributed by atoms with Crippen molar-refractivity contribution in [2.24, 2.45) is 0 Å². The highest BCUT2D eigenvalue weighted by atomic mass is 31.2. The number of aromatic nitrogens is 2. The van der Waals surface area contributed by atoms with E-state index in [4.69, 9.17) is 4.98 Å². The van der Waals surface area contributed by atoms with Crippen LogP contribution in [0.25, 0.3) is 22.2 Å². The molecule has 3 aliphatic rings. The Morgan fingerprint density at radius 2 is 1.83 bits per heavy atom. The summed E-state index contributed by atoms with van der Waals surface area (Å²) < 4.78 is 29.5. The predicted molar refractivity (Wildman–Crippen MR) is 136 cm³/mol. The van der Waals surface area contributed by atoms with Crippen LogP contribution in [0, 0.1) is 5.82 Å². The van der Waals surface area contributed by atoms with Gasteiger partial charge in [-0.05, 0) is 91.1 Å². The van der Waals surface area contributed by atoms with E-state index in [9.17, 15) is 13.8 Å². The Balaban J connectivity index is 1.40. The van der Waals surface area contributed by atoms with Crippen LogP contribution in [-0.4, -0.2) is 28.8 Å². The third kappa shape index (κ3) is 3.16. The number of amides is 1. The first kappa shape index (κ1) is 21.1. The van der Waals surface area contributed by atoms with Crippen molar-refractivity contribution in [2.75, 3.05) is 13.3 Å². The maximum atomic E-state index is 14.8. The summed E-state index contributed by atoms with van der Waals surface area (Å²) in [5, 5.41) is 3.48. The van der Waals surface area contributed by atoms with Crippen LogP contribution in [0.15, 0.2) is 54.6 Å². The third-order valence-electron chi connectivity index (χ3n) is 7.70. The lowest BCUT2D eigenvalue weighted by Crippen LogP contribution is -2.28. The van der Waals surface area contributed by atoms with E-state index in [2.05, 4.69) is 22.0 Å². The minimum atomic E-state index is -2.69. The van der Waals surface area contributed by atoms with Crippen LogP contribution in [0.2, 0.25) is 0 Å². The van der Waals surface area contributed by atoms with E-state index < -0.39 is 13.0 Å². The molecule has 5 nitrogen and oxygen atoms in total. The molecule has 3 aromatic carbocycles. The highest BCUT2D eigenvalue weighted by molar-refractivity contribution is 7.70. The van der Waals surface area contributed by atoms with Crippen LogP contribution in [0.1, 0.15) is 64.6 Å². The van der Waals surface area contributed by atoms with Crippen LogP contribution in [-0.2, 0) is 4.57 Å². The molecule has 0 spiro atoms. The lowest BCUT2D eigenvalue weighted by molar-refractivity contribution is 0.0938. The molecule has 1 amide bonds. The standard InChI is InChI=1S/C28H25FN3O2P/c1-35(2,34)25-11-9-16(12-20(25)29)17-8-10-21-23(13-17)32-24-14-22(27(32)30-21)31-28(33)19-5-3-4-18(26(19)24)15-6-7-15/h3-5,8-13,15,22,24H,6-7,14H2,1-2H3,(H,31,33)/t22-,24-/m1/s1. The quantitative estimate of drug-likeness (QED) is 0.376. The molecule has 0 radical (unpaired) electrons. The summed E-state index contributed by atoms with van der Waals surface area (Å²) in [5.41, 5.74) is 6.66. The van der Waals surface area contributed by atoms with Gasteiger partial charge in [-0.15, -0.1) is 0 Å². The zero-order chi connectivity index (χ0) is 24.1. The molecule has 2 atom stereocenters. The number of nitrogens with zero attached hydrogens (tertiary/aromatic N) is 2. The van der Waals surface area contributed by atoms with Gasteiger partial charge >= 0.3 is 0 Å². The van der Waals surface area contributed by atoms with Gasteiger partial charge in [0, 0.05) is 10.9 Å². The number of halogens is 1. The number of hydrogen-bond donors (Lipinski definition) is 1. The first-order chi connectivity index (χ1) is 16.8. The molecule has 176 valence electrons. The van der Waals surface area contributed by atoms with Gasteiger partial charge in [0.2, 0.25) is 0 Å². The largest absolute Gasteiger partial charge is 0.342 e. The summed E-state index contributed by atoms with van der Waals surface area (Å²) >= 11 is 0. The fourth-order valence-corrected chi connectivity index (χ4v) is 6.94. The molecule has 7 heteroatoms. The molecule has 4 aromatic rings. The van der Waals surface area contributed by atoms with Crippen LogP contribution >= 0.6 is 7.14 Å². The molecule has 7 rings (SSSR count). The van der Waals surface area contributed by atoms with Crippen molar-refractivity contribution in [1.29, 1.82) is 0 Å². The van der Waals surface area contributed by atoms with Crippen molar-refractivity contribution >= 4 is 29.4 Å². The topological polar surface area (TPSA) is 64.0 Å². The lowest BCUT2D eigenvalue weighted by Gasteiger charge is -2.21. The maximum Gasteiger partial charge on any atom is 0.252 e. The molecule has 2 aliphatic heterocycles. The Kier molecular flexibility index (Phi) is 4.30. The summed E-state index contributed by atoms with van der Waals surface area (Å²) in [6, 6.07) is 16.9. The number of nitrogens with one attached hydrogen (secondary N) is 1. The fraction of sp³-hybridized carbons (Fsp3) is 0.286. The van der Waals surface area contributed by atoms with E-state index in [1.807, 2.05) is 30.3 Å². The number of carbonyl (C=O) groups is 1. The molecule has 1 saturated carbocycles. The molecule has 3 heterocycles. The molecule has 35 heavy (non-hydrogen) atoms. The number of benzene rings is 3. The maximum absolute atomic E-state index is 14.8. The molecule has 1 aromatic heterocycles. The van der Waals surface area contributed by atoms with Crippen LogP contribution in [0.4, 0.5) is 4.39 Å². The molecule has 1 N–H and O–H groups in total. The van der Waals surface area contributed by atoms with Crippen molar-refractivity contribution in [3.05, 3.63) is 82.9 Å². The second-order valence-electron chi connectivity index (χ2n) is 10.4. The molecule has 0 saturated heterocycles. The summed E-state index contributed by atoms with van der Waals surface area (Å²) in [4.78, 5) is 18.0. The van der Waals surface area contributed by atoms with Crippen LogP contribution < -0.4 is 10.6 Å². The van der Waals surface area contributed by atoms with E-state index in [1.165, 1.54) is 24.5 Å². The molecule has 0 unspecified atom stereocenters. The van der Waals surface area contributed by atoms with Gasteiger partial charge in [-0.1, -0.05) is 24.3 Å². The molecule has 2 bridgehead atoms. The summed E-state index contributed by atoms with van der Waals surface area (Å²) in [7, 11) is -2.69. The van der Waals surface area contributed by atoms with Gasteiger partial charge < -0.3 is 14.4 Å². The molecular formula is C28H25FN3O2P. The highest BCUT2D eigenvalue weighted by Gasteiger charge is 2.43. The Labute approximate surface area is 202 Å². The van der Waals surface area contributed by atoms with E-state index in [-0.39, 0.29) is 23.3 Å². The SMILES string of the molecule is CP(C)(=O)c1ccc(-c2ccc3nc4n(c3c2)[C@@H]2C[C@H]4NC(=O)c3cccc(C4CC4)c32)cc1F. The minimum absolute atomic E-state index is 0.0197. The first-order valence-corrected chi connectivity index (χ1v) is 14.7.